The molecule has 1 aliphatic rings. The number of piperazine rings is 1. The molecule has 32 heavy (non-hydrogen) atoms. The van der Waals surface area contributed by atoms with E-state index in [1.54, 1.807) is 6.92 Å². The van der Waals surface area contributed by atoms with E-state index in [-0.39, 0.29) is 5.78 Å². The molecular weight excluding hydrogens is 428 g/mol. The first kappa shape index (κ1) is 29.2. The summed E-state index contributed by atoms with van der Waals surface area (Å²) in [5, 5.41) is 9.90. The lowest BCUT2D eigenvalue weighted by atomic mass is 10.0. The molecule has 1 rings (SSSR count). The Morgan fingerprint density at radius 3 is 1.94 bits per heavy atom. The molecule has 1 fully saturated rings. The van der Waals surface area contributed by atoms with Crippen LogP contribution in [0.5, 0.6) is 0 Å². The van der Waals surface area contributed by atoms with Crippen LogP contribution in [0.15, 0.2) is 12.2 Å². The van der Waals surface area contributed by atoms with Crippen LogP contribution in [0.3, 0.4) is 0 Å². The minimum absolute atomic E-state index is 0.204. The van der Waals surface area contributed by atoms with E-state index in [0.29, 0.717) is 23.0 Å². The summed E-state index contributed by atoms with van der Waals surface area (Å²) in [6.07, 6.45) is 11.8. The SMILES string of the molecule is C=C(C)C(=O)CCCCCCCCCCCCN1CC[N+](C)(CC(O)CS(=O)(=O)[O-])CC1. The van der Waals surface area contributed by atoms with Gasteiger partial charge in [0.05, 0.1) is 36.0 Å². The standard InChI is InChI=1S/C24H46N2O5S/c1-22(2)24(28)14-12-10-8-6-4-5-7-9-11-13-15-25-16-18-26(3,19-17-25)20-23(27)21-32(29,30)31/h23,27H,1,4-21H2,2-3H3. The Morgan fingerprint density at radius 1 is 1.00 bits per heavy atom. The zero-order valence-corrected chi connectivity index (χ0v) is 21.2. The van der Waals surface area contributed by atoms with Gasteiger partial charge in [0, 0.05) is 19.5 Å². The highest BCUT2D eigenvalue weighted by Gasteiger charge is 2.31. The summed E-state index contributed by atoms with van der Waals surface area (Å²) in [6, 6.07) is 0. The predicted molar refractivity (Wildman–Crippen MR) is 128 cm³/mol. The molecule has 0 spiro atoms. The van der Waals surface area contributed by atoms with Crippen LogP contribution in [-0.4, -0.2) is 91.4 Å². The first-order valence-corrected chi connectivity index (χ1v) is 13.9. The number of allylic oxidation sites excluding steroid dienone is 1. The van der Waals surface area contributed by atoms with Crippen molar-refractivity contribution >= 4 is 15.9 Å². The van der Waals surface area contributed by atoms with Gasteiger partial charge in [-0.3, -0.25) is 9.69 Å². The second kappa shape index (κ2) is 15.2. The van der Waals surface area contributed by atoms with Gasteiger partial charge in [0.2, 0.25) is 0 Å². The number of nitrogens with zero attached hydrogens (tertiary/aromatic N) is 2. The fourth-order valence-corrected chi connectivity index (χ4v) is 5.02. The first-order chi connectivity index (χ1) is 15.0. The maximum atomic E-state index is 11.5. The molecule has 0 aromatic rings. The fourth-order valence-electron chi connectivity index (χ4n) is 4.44. The molecule has 0 amide bonds. The third-order valence-electron chi connectivity index (χ3n) is 6.56. The fraction of sp³-hybridized carbons (Fsp3) is 0.875. The first-order valence-electron chi connectivity index (χ1n) is 12.4. The average Bonchev–Trinajstić information content (AvgIpc) is 2.68. The second-order valence-electron chi connectivity index (χ2n) is 9.96. The van der Waals surface area contributed by atoms with E-state index in [9.17, 15) is 22.9 Å². The van der Waals surface area contributed by atoms with Crippen LogP contribution in [0.2, 0.25) is 0 Å². The van der Waals surface area contributed by atoms with Crippen molar-refractivity contribution in [2.24, 2.45) is 0 Å². The Labute approximate surface area is 196 Å². The largest absolute Gasteiger partial charge is 0.748 e. The van der Waals surface area contributed by atoms with Crippen LogP contribution < -0.4 is 0 Å². The third-order valence-corrected chi connectivity index (χ3v) is 7.36. The molecule has 188 valence electrons. The number of carbonyl (C=O) groups excluding carboxylic acids is 1. The number of rotatable bonds is 18. The van der Waals surface area contributed by atoms with Crippen molar-refractivity contribution in [2.45, 2.75) is 83.7 Å². The summed E-state index contributed by atoms with van der Waals surface area (Å²) in [4.78, 5) is 13.9. The molecule has 1 atom stereocenters. The number of unbranched alkanes of at least 4 members (excludes halogenated alkanes) is 9. The lowest BCUT2D eigenvalue weighted by Crippen LogP contribution is -2.60. The van der Waals surface area contributed by atoms with E-state index in [2.05, 4.69) is 11.5 Å². The number of ketones is 1. The quantitative estimate of drug-likeness (QED) is 0.142. The number of aliphatic hydroxyl groups is 1. The van der Waals surface area contributed by atoms with Crippen molar-refractivity contribution in [3.63, 3.8) is 0 Å². The van der Waals surface area contributed by atoms with Crippen molar-refractivity contribution in [2.75, 3.05) is 52.1 Å². The van der Waals surface area contributed by atoms with Crippen LogP contribution in [0.25, 0.3) is 0 Å². The van der Waals surface area contributed by atoms with Crippen molar-refractivity contribution in [1.29, 1.82) is 0 Å². The summed E-state index contributed by atoms with van der Waals surface area (Å²) >= 11 is 0. The zero-order chi connectivity index (χ0) is 24.0. The van der Waals surface area contributed by atoms with Gasteiger partial charge in [0.1, 0.15) is 12.6 Å². The number of Topliss-reactive ketones (excluding diaryl/α,β-unsaturated/α-hetero) is 1. The number of hydrogen-bond acceptors (Lipinski definition) is 6. The molecular formula is C24H46N2O5S. The maximum absolute atomic E-state index is 11.5. The molecule has 1 unspecified atom stereocenters. The highest BCUT2D eigenvalue weighted by atomic mass is 32.2. The number of hydrogen-bond donors (Lipinski definition) is 1. The lowest BCUT2D eigenvalue weighted by Gasteiger charge is -2.43. The number of aliphatic hydroxyl groups excluding tert-OH is 1. The van der Waals surface area contributed by atoms with Gasteiger partial charge in [0.15, 0.2) is 5.78 Å². The molecule has 0 aromatic heterocycles. The Kier molecular flexibility index (Phi) is 13.9. The van der Waals surface area contributed by atoms with Crippen molar-refractivity contribution in [3.05, 3.63) is 12.2 Å². The molecule has 0 bridgehead atoms. The minimum atomic E-state index is -4.38. The van der Waals surface area contributed by atoms with E-state index in [4.69, 9.17) is 0 Å². The second-order valence-corrected chi connectivity index (χ2v) is 11.4. The van der Waals surface area contributed by atoms with Crippen LogP contribution in [0, 0.1) is 0 Å². The number of carbonyl (C=O) groups is 1. The lowest BCUT2D eigenvalue weighted by molar-refractivity contribution is -0.916. The summed E-state index contributed by atoms with van der Waals surface area (Å²) in [6.45, 7) is 10.5. The van der Waals surface area contributed by atoms with E-state index in [1.807, 2.05) is 7.05 Å². The van der Waals surface area contributed by atoms with Crippen LogP contribution in [0.4, 0.5) is 0 Å². The van der Waals surface area contributed by atoms with Crippen molar-refractivity contribution in [1.82, 2.24) is 4.90 Å². The summed E-state index contributed by atoms with van der Waals surface area (Å²) in [5.74, 6) is -0.490. The van der Waals surface area contributed by atoms with Crippen molar-refractivity contribution in [3.8, 4) is 0 Å². The molecule has 0 radical (unpaired) electrons. The molecule has 7 nitrogen and oxygen atoms in total. The summed E-state index contributed by atoms with van der Waals surface area (Å²) in [5.41, 5.74) is 0.675. The summed E-state index contributed by atoms with van der Waals surface area (Å²) in [7, 11) is -2.35. The van der Waals surface area contributed by atoms with Gasteiger partial charge in [-0.15, -0.1) is 0 Å². The zero-order valence-electron chi connectivity index (χ0n) is 20.4. The van der Waals surface area contributed by atoms with Gasteiger partial charge in [-0.25, -0.2) is 8.42 Å². The number of quaternary nitrogens is 1. The van der Waals surface area contributed by atoms with Gasteiger partial charge in [-0.1, -0.05) is 57.9 Å². The average molecular weight is 475 g/mol. The highest BCUT2D eigenvalue weighted by molar-refractivity contribution is 7.85. The van der Waals surface area contributed by atoms with Crippen molar-refractivity contribution < 1.29 is 27.4 Å². The molecule has 8 heteroatoms. The van der Waals surface area contributed by atoms with E-state index < -0.39 is 22.0 Å². The Hall–Kier alpha value is -0.800. The molecule has 1 heterocycles. The molecule has 0 aromatic carbocycles. The third kappa shape index (κ3) is 14.4. The van der Waals surface area contributed by atoms with Gasteiger partial charge < -0.3 is 14.1 Å². The number of likely N-dealkylation sites (N-methyl/N-ethyl adjacent to an activating group) is 1. The monoisotopic (exact) mass is 474 g/mol. The predicted octanol–water partition coefficient (Wildman–Crippen LogP) is 3.09. The molecule has 1 N–H and O–H groups in total. The molecule has 1 aliphatic heterocycles. The van der Waals surface area contributed by atoms with Gasteiger partial charge >= 0.3 is 0 Å². The maximum Gasteiger partial charge on any atom is 0.157 e. The normalized spacial score (nSPS) is 17.9. The van der Waals surface area contributed by atoms with Gasteiger partial charge in [0.25, 0.3) is 0 Å². The minimum Gasteiger partial charge on any atom is -0.748 e. The van der Waals surface area contributed by atoms with Crippen LogP contribution in [0.1, 0.15) is 77.6 Å². The van der Waals surface area contributed by atoms with Crippen LogP contribution in [-0.2, 0) is 14.9 Å². The summed E-state index contributed by atoms with van der Waals surface area (Å²) < 4.78 is 33.1. The van der Waals surface area contributed by atoms with E-state index in [0.717, 1.165) is 45.6 Å². The Bertz CT molecular complexity index is 657. The van der Waals surface area contributed by atoms with Crippen LogP contribution >= 0.6 is 0 Å². The Balaban J connectivity index is 1.96. The molecule has 1 saturated heterocycles. The highest BCUT2D eigenvalue weighted by Crippen LogP contribution is 2.15. The van der Waals surface area contributed by atoms with Gasteiger partial charge in [-0.05, 0) is 31.9 Å². The molecule has 0 saturated carbocycles. The van der Waals surface area contributed by atoms with E-state index in [1.165, 1.54) is 51.4 Å². The molecule has 0 aliphatic carbocycles. The van der Waals surface area contributed by atoms with Gasteiger partial charge in [-0.2, -0.15) is 0 Å². The van der Waals surface area contributed by atoms with E-state index >= 15 is 0 Å². The topological polar surface area (TPSA) is 97.7 Å². The Morgan fingerprint density at radius 2 is 1.47 bits per heavy atom. The smallest absolute Gasteiger partial charge is 0.157 e.